The number of nitrogens with two attached hydrogens (primary N) is 1. The van der Waals surface area contributed by atoms with E-state index in [1.807, 2.05) is 0 Å². The highest BCUT2D eigenvalue weighted by Gasteiger charge is 2.46. The zero-order valence-electron chi connectivity index (χ0n) is 11.4. The molecule has 0 aliphatic carbocycles. The number of halogens is 3. The number of benzene rings is 1. The lowest BCUT2D eigenvalue weighted by atomic mass is 10.1. The Balaban J connectivity index is 2.09. The summed E-state index contributed by atoms with van der Waals surface area (Å²) in [5.41, 5.74) is 4.66. The first-order valence-electron chi connectivity index (χ1n) is 6.48. The summed E-state index contributed by atoms with van der Waals surface area (Å²) in [6, 6.07) is 2.10. The largest absolute Gasteiger partial charge is 0.486 e. The molecule has 2 N–H and O–H groups in total. The van der Waals surface area contributed by atoms with Crippen molar-refractivity contribution in [2.24, 2.45) is 5.73 Å². The lowest BCUT2D eigenvalue weighted by molar-refractivity contribution is -0.137. The molecule has 1 fully saturated rings. The van der Waals surface area contributed by atoms with Crippen molar-refractivity contribution >= 4 is 29.0 Å². The van der Waals surface area contributed by atoms with Crippen LogP contribution in [0, 0.1) is 0 Å². The lowest BCUT2D eigenvalue weighted by Gasteiger charge is -2.36. The molecule has 5 nitrogen and oxygen atoms in total. The van der Waals surface area contributed by atoms with Gasteiger partial charge >= 0.3 is 12.2 Å². The Hall–Kier alpha value is -2.03. The molecule has 22 heavy (non-hydrogen) atoms. The van der Waals surface area contributed by atoms with Crippen LogP contribution >= 0.6 is 12.2 Å². The van der Waals surface area contributed by atoms with Crippen LogP contribution in [0.3, 0.4) is 0 Å². The molecule has 0 spiro atoms. The minimum Gasteiger partial charge on any atom is -0.486 e. The average molecular weight is 331 g/mol. The van der Waals surface area contributed by atoms with Crippen LogP contribution in [0.25, 0.3) is 0 Å². The third-order valence-electron chi connectivity index (χ3n) is 3.80. The molecule has 2 amide bonds. The number of ether oxygens (including phenoxy) is 1. The Bertz CT molecular complexity index is 664. The highest BCUT2D eigenvalue weighted by atomic mass is 32.1. The number of nitrogens with zero attached hydrogens (tertiary/aromatic N) is 2. The summed E-state index contributed by atoms with van der Waals surface area (Å²) in [5, 5.41) is 0.0909. The molecule has 2 heterocycles. The molecule has 1 saturated heterocycles. The second-order valence-electron chi connectivity index (χ2n) is 5.17. The molecule has 1 aromatic carbocycles. The van der Waals surface area contributed by atoms with Crippen molar-refractivity contribution in [1.29, 1.82) is 0 Å². The molecule has 0 saturated carbocycles. The summed E-state index contributed by atoms with van der Waals surface area (Å²) in [6.07, 6.45) is -4.82. The molecule has 2 atom stereocenters. The van der Waals surface area contributed by atoms with Gasteiger partial charge in [-0.25, -0.2) is 4.79 Å². The van der Waals surface area contributed by atoms with E-state index in [-0.39, 0.29) is 29.5 Å². The molecule has 9 heteroatoms. The standard InChI is InChI=1S/C13H12F3N3O2S/c1-6-9-5-18(11(17)20)12(22)19(9)8-4-7(13(14,15)16)2-3-10(8)21-6/h2-4,6,9H,5H2,1H3,(H2,17,20). The van der Waals surface area contributed by atoms with Crippen molar-refractivity contribution in [2.75, 3.05) is 11.4 Å². The second-order valence-corrected chi connectivity index (χ2v) is 5.54. The normalized spacial score (nSPS) is 23.9. The average Bonchev–Trinajstić information content (AvgIpc) is 2.76. The fraction of sp³-hybridized carbons (Fsp3) is 0.385. The molecule has 0 aromatic heterocycles. The van der Waals surface area contributed by atoms with E-state index < -0.39 is 17.8 Å². The maximum Gasteiger partial charge on any atom is 0.416 e. The van der Waals surface area contributed by atoms with E-state index >= 15 is 0 Å². The van der Waals surface area contributed by atoms with Crippen molar-refractivity contribution in [2.45, 2.75) is 25.2 Å². The summed E-state index contributed by atoms with van der Waals surface area (Å²) < 4.78 is 44.4. The summed E-state index contributed by atoms with van der Waals surface area (Å²) in [4.78, 5) is 14.1. The van der Waals surface area contributed by atoms with Gasteiger partial charge in [0, 0.05) is 0 Å². The van der Waals surface area contributed by atoms with Gasteiger partial charge in [0.15, 0.2) is 5.11 Å². The molecule has 0 bridgehead atoms. The zero-order chi connectivity index (χ0) is 16.2. The Kier molecular flexibility index (Phi) is 3.20. The number of primary amides is 1. The summed E-state index contributed by atoms with van der Waals surface area (Å²) in [5.74, 6) is 0.297. The number of rotatable bonds is 0. The highest BCUT2D eigenvalue weighted by molar-refractivity contribution is 7.80. The van der Waals surface area contributed by atoms with Gasteiger partial charge in [0.05, 0.1) is 23.8 Å². The van der Waals surface area contributed by atoms with Gasteiger partial charge in [-0.05, 0) is 37.3 Å². The second kappa shape index (κ2) is 4.73. The van der Waals surface area contributed by atoms with Gasteiger partial charge in [0.1, 0.15) is 11.9 Å². The minimum absolute atomic E-state index is 0.0909. The van der Waals surface area contributed by atoms with E-state index in [0.717, 1.165) is 17.0 Å². The number of alkyl halides is 3. The zero-order valence-corrected chi connectivity index (χ0v) is 12.2. The van der Waals surface area contributed by atoms with Crippen LogP contribution in [0.2, 0.25) is 0 Å². The van der Waals surface area contributed by atoms with E-state index in [1.54, 1.807) is 6.92 Å². The molecule has 3 rings (SSSR count). The number of thiocarbonyl (C=S) groups is 1. The van der Waals surface area contributed by atoms with Gasteiger partial charge in [-0.3, -0.25) is 4.90 Å². The van der Waals surface area contributed by atoms with Crippen LogP contribution in [-0.4, -0.2) is 34.7 Å². The number of carbonyl (C=O) groups is 1. The molecule has 2 aliphatic heterocycles. The number of anilines is 1. The van der Waals surface area contributed by atoms with Gasteiger partial charge in [0.2, 0.25) is 0 Å². The van der Waals surface area contributed by atoms with Crippen LogP contribution in [0.5, 0.6) is 5.75 Å². The van der Waals surface area contributed by atoms with Gasteiger partial charge < -0.3 is 15.4 Å². The number of carbonyl (C=O) groups excluding carboxylic acids is 1. The highest BCUT2D eigenvalue weighted by Crippen LogP contribution is 2.43. The Morgan fingerprint density at radius 1 is 1.45 bits per heavy atom. The van der Waals surface area contributed by atoms with Crippen molar-refractivity contribution in [3.05, 3.63) is 23.8 Å². The molecule has 1 aromatic rings. The van der Waals surface area contributed by atoms with Crippen molar-refractivity contribution in [3.8, 4) is 5.75 Å². The van der Waals surface area contributed by atoms with Crippen LogP contribution in [0.4, 0.5) is 23.7 Å². The van der Waals surface area contributed by atoms with Crippen LogP contribution in [-0.2, 0) is 6.18 Å². The topological polar surface area (TPSA) is 58.8 Å². The van der Waals surface area contributed by atoms with E-state index in [1.165, 1.54) is 11.0 Å². The fourth-order valence-corrected chi connectivity index (χ4v) is 3.10. The summed E-state index contributed by atoms with van der Waals surface area (Å²) in [7, 11) is 0. The molecule has 0 radical (unpaired) electrons. The van der Waals surface area contributed by atoms with Crippen LogP contribution in [0.1, 0.15) is 12.5 Å². The third-order valence-corrected chi connectivity index (χ3v) is 4.22. The number of hydrogen-bond donors (Lipinski definition) is 1. The van der Waals surface area contributed by atoms with Gasteiger partial charge in [-0.2, -0.15) is 13.2 Å². The number of fused-ring (bicyclic) bond motifs is 3. The smallest absolute Gasteiger partial charge is 0.416 e. The first-order valence-corrected chi connectivity index (χ1v) is 6.89. The third kappa shape index (κ3) is 2.16. The lowest BCUT2D eigenvalue weighted by Crippen LogP contribution is -2.47. The fourth-order valence-electron chi connectivity index (χ4n) is 2.70. The quantitative estimate of drug-likeness (QED) is 0.742. The minimum atomic E-state index is -4.47. The van der Waals surface area contributed by atoms with E-state index in [0.29, 0.717) is 5.75 Å². The van der Waals surface area contributed by atoms with Crippen LogP contribution in [0.15, 0.2) is 18.2 Å². The maximum atomic E-state index is 12.9. The first-order chi connectivity index (χ1) is 10.2. The van der Waals surface area contributed by atoms with E-state index in [9.17, 15) is 18.0 Å². The molecule has 2 unspecified atom stereocenters. The van der Waals surface area contributed by atoms with E-state index in [4.69, 9.17) is 22.7 Å². The number of urea groups is 1. The maximum absolute atomic E-state index is 12.9. The number of hydrogen-bond acceptors (Lipinski definition) is 3. The molecule has 2 aliphatic rings. The van der Waals surface area contributed by atoms with E-state index in [2.05, 4.69) is 0 Å². The van der Waals surface area contributed by atoms with Gasteiger partial charge in [-0.15, -0.1) is 0 Å². The van der Waals surface area contributed by atoms with Crippen molar-refractivity contribution in [1.82, 2.24) is 4.90 Å². The first kappa shape index (κ1) is 14.9. The number of amides is 2. The predicted molar refractivity (Wildman–Crippen MR) is 76.7 cm³/mol. The summed E-state index contributed by atoms with van der Waals surface area (Å²) in [6.45, 7) is 1.95. The van der Waals surface area contributed by atoms with Crippen LogP contribution < -0.4 is 15.4 Å². The monoisotopic (exact) mass is 331 g/mol. The van der Waals surface area contributed by atoms with Crippen molar-refractivity contribution in [3.63, 3.8) is 0 Å². The SMILES string of the molecule is CC1Oc2ccc(C(F)(F)F)cc2N2C(=S)N(C(N)=O)CC12. The molecular weight excluding hydrogens is 319 g/mol. The van der Waals surface area contributed by atoms with Gasteiger partial charge in [-0.1, -0.05) is 0 Å². The van der Waals surface area contributed by atoms with Crippen molar-refractivity contribution < 1.29 is 22.7 Å². The Morgan fingerprint density at radius 3 is 2.73 bits per heavy atom. The van der Waals surface area contributed by atoms with Gasteiger partial charge in [0.25, 0.3) is 0 Å². The molecule has 118 valence electrons. The molecular formula is C13H12F3N3O2S. The Morgan fingerprint density at radius 2 is 2.14 bits per heavy atom. The Labute approximate surface area is 129 Å². The summed E-state index contributed by atoms with van der Waals surface area (Å²) >= 11 is 5.19. The predicted octanol–water partition coefficient (Wildman–Crippen LogP) is 2.34.